The van der Waals surface area contributed by atoms with Gasteiger partial charge in [-0.1, -0.05) is 61.5 Å². The van der Waals surface area contributed by atoms with E-state index >= 15 is 0 Å². The van der Waals surface area contributed by atoms with Gasteiger partial charge in [-0.3, -0.25) is 9.59 Å². The molecule has 3 rings (SSSR count). The van der Waals surface area contributed by atoms with E-state index in [1.807, 2.05) is 56.3 Å². The summed E-state index contributed by atoms with van der Waals surface area (Å²) < 4.78 is 5.87. The first-order chi connectivity index (χ1) is 13.6. The SMILES string of the molecule is CC[C@H](Oc1cccc(C)c1)C(=O)Nc1ccccc1C(=O)c1ccccc1. The highest BCUT2D eigenvalue weighted by atomic mass is 16.5. The van der Waals surface area contributed by atoms with E-state index in [1.165, 1.54) is 0 Å². The highest BCUT2D eigenvalue weighted by molar-refractivity contribution is 6.14. The predicted octanol–water partition coefficient (Wildman–Crippen LogP) is 5.02. The molecule has 28 heavy (non-hydrogen) atoms. The second-order valence-corrected chi connectivity index (χ2v) is 6.56. The van der Waals surface area contributed by atoms with E-state index in [2.05, 4.69) is 5.32 Å². The van der Waals surface area contributed by atoms with Crippen molar-refractivity contribution < 1.29 is 14.3 Å². The number of hydrogen-bond donors (Lipinski definition) is 1. The number of aryl methyl sites for hydroxylation is 1. The van der Waals surface area contributed by atoms with Crippen LogP contribution in [0.1, 0.15) is 34.8 Å². The molecule has 0 fully saturated rings. The number of ketones is 1. The largest absolute Gasteiger partial charge is 0.481 e. The van der Waals surface area contributed by atoms with Gasteiger partial charge >= 0.3 is 0 Å². The zero-order valence-corrected chi connectivity index (χ0v) is 16.0. The van der Waals surface area contributed by atoms with Gasteiger partial charge in [0.1, 0.15) is 5.75 Å². The first-order valence-electron chi connectivity index (χ1n) is 9.31. The average molecular weight is 373 g/mol. The quantitative estimate of drug-likeness (QED) is 0.592. The predicted molar refractivity (Wildman–Crippen MR) is 111 cm³/mol. The summed E-state index contributed by atoms with van der Waals surface area (Å²) >= 11 is 0. The number of nitrogens with one attached hydrogen (secondary N) is 1. The highest BCUT2D eigenvalue weighted by Gasteiger charge is 2.21. The number of anilines is 1. The molecule has 0 saturated heterocycles. The molecule has 0 aliphatic carbocycles. The summed E-state index contributed by atoms with van der Waals surface area (Å²) in [6, 6.07) is 23.6. The maximum absolute atomic E-state index is 12.8. The van der Waals surface area contributed by atoms with E-state index in [9.17, 15) is 9.59 Å². The van der Waals surface area contributed by atoms with Crippen LogP contribution in [-0.2, 0) is 4.79 Å². The lowest BCUT2D eigenvalue weighted by atomic mass is 10.0. The van der Waals surface area contributed by atoms with Crippen LogP contribution in [0.15, 0.2) is 78.9 Å². The standard InChI is InChI=1S/C24H23NO3/c1-3-22(28-19-13-9-10-17(2)16-19)24(27)25-21-15-8-7-14-20(21)23(26)18-11-5-4-6-12-18/h4-16,22H,3H2,1-2H3,(H,25,27)/t22-/m0/s1. The van der Waals surface area contributed by atoms with E-state index < -0.39 is 6.10 Å². The van der Waals surface area contributed by atoms with Gasteiger partial charge in [-0.15, -0.1) is 0 Å². The second-order valence-electron chi connectivity index (χ2n) is 6.56. The van der Waals surface area contributed by atoms with Crippen LogP contribution in [0, 0.1) is 6.92 Å². The molecule has 4 nitrogen and oxygen atoms in total. The minimum atomic E-state index is -0.651. The zero-order chi connectivity index (χ0) is 19.9. The topological polar surface area (TPSA) is 55.4 Å². The first kappa shape index (κ1) is 19.4. The highest BCUT2D eigenvalue weighted by Crippen LogP contribution is 2.21. The van der Waals surface area contributed by atoms with Crippen molar-refractivity contribution in [2.24, 2.45) is 0 Å². The summed E-state index contributed by atoms with van der Waals surface area (Å²) in [5.74, 6) is 0.233. The van der Waals surface area contributed by atoms with Gasteiger partial charge in [-0.2, -0.15) is 0 Å². The van der Waals surface area contributed by atoms with Crippen LogP contribution in [0.2, 0.25) is 0 Å². The van der Waals surface area contributed by atoms with E-state index in [0.717, 1.165) is 5.56 Å². The minimum Gasteiger partial charge on any atom is -0.481 e. The third kappa shape index (κ3) is 4.65. The van der Waals surface area contributed by atoms with Crippen molar-refractivity contribution >= 4 is 17.4 Å². The molecule has 1 N–H and O–H groups in total. The van der Waals surface area contributed by atoms with E-state index in [-0.39, 0.29) is 11.7 Å². The fourth-order valence-electron chi connectivity index (χ4n) is 2.92. The van der Waals surface area contributed by atoms with Crippen LogP contribution in [-0.4, -0.2) is 17.8 Å². The molecular weight excluding hydrogens is 350 g/mol. The van der Waals surface area contributed by atoms with Gasteiger partial charge in [-0.05, 0) is 43.2 Å². The van der Waals surface area contributed by atoms with Gasteiger partial charge < -0.3 is 10.1 Å². The molecule has 0 radical (unpaired) electrons. The molecule has 0 spiro atoms. The lowest BCUT2D eigenvalue weighted by molar-refractivity contribution is -0.122. The van der Waals surface area contributed by atoms with Gasteiger partial charge in [0.05, 0.1) is 5.69 Å². The lowest BCUT2D eigenvalue weighted by Crippen LogP contribution is -2.33. The molecule has 4 heteroatoms. The van der Waals surface area contributed by atoms with Gasteiger partial charge in [0.25, 0.3) is 5.91 Å². The Bertz CT molecular complexity index is 966. The Morgan fingerprint density at radius 3 is 2.36 bits per heavy atom. The molecule has 0 aliphatic heterocycles. The smallest absolute Gasteiger partial charge is 0.265 e. The summed E-state index contributed by atoms with van der Waals surface area (Å²) in [7, 11) is 0. The minimum absolute atomic E-state index is 0.135. The van der Waals surface area contributed by atoms with Crippen molar-refractivity contribution in [3.63, 3.8) is 0 Å². The van der Waals surface area contributed by atoms with E-state index in [4.69, 9.17) is 4.74 Å². The van der Waals surface area contributed by atoms with Crippen LogP contribution < -0.4 is 10.1 Å². The van der Waals surface area contributed by atoms with Gasteiger partial charge in [0.15, 0.2) is 11.9 Å². The van der Waals surface area contributed by atoms with Gasteiger partial charge in [0, 0.05) is 11.1 Å². The second kappa shape index (κ2) is 9.00. The maximum atomic E-state index is 12.8. The maximum Gasteiger partial charge on any atom is 0.265 e. The number of para-hydroxylation sites is 1. The third-order valence-corrected chi connectivity index (χ3v) is 4.40. The summed E-state index contributed by atoms with van der Waals surface area (Å²) in [4.78, 5) is 25.6. The van der Waals surface area contributed by atoms with Crippen LogP contribution in [0.5, 0.6) is 5.75 Å². The number of carbonyl (C=O) groups excluding carboxylic acids is 2. The van der Waals surface area contributed by atoms with Crippen molar-refractivity contribution in [3.8, 4) is 5.75 Å². The Morgan fingerprint density at radius 2 is 1.64 bits per heavy atom. The van der Waals surface area contributed by atoms with Crippen molar-refractivity contribution in [1.82, 2.24) is 0 Å². The Kier molecular flexibility index (Phi) is 6.22. The van der Waals surface area contributed by atoms with Crippen molar-refractivity contribution in [1.29, 1.82) is 0 Å². The number of carbonyl (C=O) groups is 2. The molecule has 3 aromatic carbocycles. The summed E-state index contributed by atoms with van der Waals surface area (Å²) in [6.07, 6.45) is -0.143. The Balaban J connectivity index is 1.79. The fraction of sp³-hybridized carbons (Fsp3) is 0.167. The number of ether oxygens (including phenoxy) is 1. The van der Waals surface area contributed by atoms with Crippen LogP contribution in [0.3, 0.4) is 0 Å². The molecule has 0 bridgehead atoms. The zero-order valence-electron chi connectivity index (χ0n) is 16.0. The molecule has 3 aromatic rings. The van der Waals surface area contributed by atoms with Crippen molar-refractivity contribution in [3.05, 3.63) is 95.6 Å². The molecule has 1 atom stereocenters. The van der Waals surface area contributed by atoms with Crippen molar-refractivity contribution in [2.45, 2.75) is 26.4 Å². The third-order valence-electron chi connectivity index (χ3n) is 4.40. The average Bonchev–Trinajstić information content (AvgIpc) is 2.72. The molecule has 0 aliphatic rings. The molecule has 1 amide bonds. The summed E-state index contributed by atoms with van der Waals surface area (Å²) in [5, 5.41) is 2.86. The normalized spacial score (nSPS) is 11.5. The molecule has 142 valence electrons. The molecule has 0 heterocycles. The van der Waals surface area contributed by atoms with Crippen LogP contribution >= 0.6 is 0 Å². The fourth-order valence-corrected chi connectivity index (χ4v) is 2.92. The molecular formula is C24H23NO3. The molecule has 0 unspecified atom stereocenters. The Hall–Kier alpha value is -3.40. The number of benzene rings is 3. The first-order valence-corrected chi connectivity index (χ1v) is 9.31. The molecule has 0 aromatic heterocycles. The van der Waals surface area contributed by atoms with Crippen molar-refractivity contribution in [2.75, 3.05) is 5.32 Å². The monoisotopic (exact) mass is 373 g/mol. The lowest BCUT2D eigenvalue weighted by Gasteiger charge is -2.18. The van der Waals surface area contributed by atoms with Crippen LogP contribution in [0.4, 0.5) is 5.69 Å². The number of hydrogen-bond acceptors (Lipinski definition) is 3. The molecule has 0 saturated carbocycles. The van der Waals surface area contributed by atoms with Gasteiger partial charge in [0.2, 0.25) is 0 Å². The van der Waals surface area contributed by atoms with Crippen LogP contribution in [0.25, 0.3) is 0 Å². The Labute approximate surface area is 165 Å². The number of rotatable bonds is 7. The summed E-state index contributed by atoms with van der Waals surface area (Å²) in [5.41, 5.74) is 2.57. The number of amides is 1. The Morgan fingerprint density at radius 1 is 0.929 bits per heavy atom. The summed E-state index contributed by atoms with van der Waals surface area (Å²) in [6.45, 7) is 3.86. The van der Waals surface area contributed by atoms with E-state index in [0.29, 0.717) is 29.0 Å². The van der Waals surface area contributed by atoms with Gasteiger partial charge in [-0.25, -0.2) is 0 Å². The van der Waals surface area contributed by atoms with E-state index in [1.54, 1.807) is 36.4 Å².